The summed E-state index contributed by atoms with van der Waals surface area (Å²) in [5, 5.41) is 2.23. The van der Waals surface area contributed by atoms with Crippen LogP contribution in [0.4, 0.5) is 0 Å². The van der Waals surface area contributed by atoms with E-state index in [0.717, 1.165) is 6.54 Å². The molecule has 2 heteroatoms. The van der Waals surface area contributed by atoms with E-state index in [2.05, 4.69) is 38.1 Å². The van der Waals surface area contributed by atoms with Crippen LogP contribution in [0.2, 0.25) is 0 Å². The molecule has 1 atom stereocenters. The van der Waals surface area contributed by atoms with E-state index in [1.807, 2.05) is 27.7 Å². The van der Waals surface area contributed by atoms with Gasteiger partial charge in [0.15, 0.2) is 0 Å². The van der Waals surface area contributed by atoms with Crippen molar-refractivity contribution in [1.82, 2.24) is 10.4 Å². The fourth-order valence-corrected chi connectivity index (χ4v) is 1.57. The topological polar surface area (TPSA) is 15.3 Å². The third kappa shape index (κ3) is 4.70. The molecule has 0 bridgehead atoms. The molecule has 1 rings (SSSR count). The molecule has 0 saturated heterocycles. The summed E-state index contributed by atoms with van der Waals surface area (Å²) < 4.78 is 0. The molecule has 0 fully saturated rings. The number of hydrogen-bond donors (Lipinski definition) is 1. The first-order valence-corrected chi connectivity index (χ1v) is 6.41. The van der Waals surface area contributed by atoms with E-state index >= 15 is 0 Å². The summed E-state index contributed by atoms with van der Waals surface area (Å²) in [7, 11) is 0. The molecule has 0 radical (unpaired) electrons. The molecule has 92 valence electrons. The lowest BCUT2D eigenvalue weighted by Crippen LogP contribution is -2.36. The zero-order valence-electron chi connectivity index (χ0n) is 11.9. The molecule has 0 spiro atoms. The first-order valence-electron chi connectivity index (χ1n) is 6.41. The summed E-state index contributed by atoms with van der Waals surface area (Å²) in [5.74, 6) is 0. The van der Waals surface area contributed by atoms with Gasteiger partial charge in [0, 0.05) is 18.3 Å². The van der Waals surface area contributed by atoms with E-state index in [9.17, 15) is 0 Å². The highest BCUT2D eigenvalue weighted by atomic mass is 15.5. The van der Waals surface area contributed by atoms with Gasteiger partial charge in [-0.3, -0.25) is 0 Å². The number of allylic oxidation sites excluding steroid dienone is 1. The van der Waals surface area contributed by atoms with Crippen molar-refractivity contribution in [2.75, 3.05) is 6.54 Å². The molecule has 0 aromatic heterocycles. The summed E-state index contributed by atoms with van der Waals surface area (Å²) in [5.41, 5.74) is 6.35. The van der Waals surface area contributed by atoms with Crippen LogP contribution in [0.5, 0.6) is 0 Å². The fraction of sp³-hybridized carbons (Fsp3) is 0.846. The lowest BCUT2D eigenvalue weighted by Gasteiger charge is -2.19. The van der Waals surface area contributed by atoms with Gasteiger partial charge in [0.05, 0.1) is 0 Å². The zero-order valence-corrected chi connectivity index (χ0v) is 11.9. The van der Waals surface area contributed by atoms with E-state index < -0.39 is 0 Å². The van der Waals surface area contributed by atoms with Gasteiger partial charge < -0.3 is 5.01 Å². The molecule has 2 nitrogen and oxygen atoms in total. The van der Waals surface area contributed by atoms with Crippen LogP contribution in [0.25, 0.3) is 0 Å². The highest BCUT2D eigenvalue weighted by Gasteiger charge is 2.22. The molecular formula is C13H30N2. The van der Waals surface area contributed by atoms with Gasteiger partial charge in [-0.05, 0) is 32.8 Å². The Morgan fingerprint density at radius 2 is 1.53 bits per heavy atom. The van der Waals surface area contributed by atoms with Gasteiger partial charge in [-0.25, -0.2) is 5.43 Å². The van der Waals surface area contributed by atoms with Crippen LogP contribution >= 0.6 is 0 Å². The normalized spacial score (nSPS) is 19.2. The number of hydrogen-bond acceptors (Lipinski definition) is 2. The van der Waals surface area contributed by atoms with Crippen LogP contribution in [-0.4, -0.2) is 17.6 Å². The largest absolute Gasteiger partial charge is 0.313 e. The molecule has 0 aliphatic carbocycles. The van der Waals surface area contributed by atoms with Gasteiger partial charge in [-0.2, -0.15) is 0 Å². The predicted molar refractivity (Wildman–Crippen MR) is 70.7 cm³/mol. The highest BCUT2D eigenvalue weighted by molar-refractivity contribution is 5.19. The van der Waals surface area contributed by atoms with E-state index in [-0.39, 0.29) is 0 Å². The molecule has 0 saturated carbocycles. The minimum Gasteiger partial charge on any atom is -0.313 e. The second-order valence-corrected chi connectivity index (χ2v) is 3.10. The van der Waals surface area contributed by atoms with Crippen LogP contribution in [-0.2, 0) is 0 Å². The predicted octanol–water partition coefficient (Wildman–Crippen LogP) is 3.95. The second kappa shape index (κ2) is 10.0. The van der Waals surface area contributed by atoms with Crippen molar-refractivity contribution in [2.45, 2.75) is 67.9 Å². The lowest BCUT2D eigenvalue weighted by molar-refractivity contribution is 0.264. The summed E-state index contributed by atoms with van der Waals surface area (Å²) in [6.45, 7) is 17.8. The Kier molecular flexibility index (Phi) is 11.3. The highest BCUT2D eigenvalue weighted by Crippen LogP contribution is 2.20. The average Bonchev–Trinajstić information content (AvgIpc) is 2.61. The quantitative estimate of drug-likeness (QED) is 0.748. The Morgan fingerprint density at radius 1 is 1.07 bits per heavy atom. The Morgan fingerprint density at radius 3 is 1.73 bits per heavy atom. The van der Waals surface area contributed by atoms with Gasteiger partial charge in [0.2, 0.25) is 0 Å². The van der Waals surface area contributed by atoms with Crippen molar-refractivity contribution in [3.05, 3.63) is 11.3 Å². The third-order valence-electron chi connectivity index (χ3n) is 2.53. The van der Waals surface area contributed by atoms with E-state index in [1.54, 1.807) is 0 Å². The van der Waals surface area contributed by atoms with Gasteiger partial charge in [-0.1, -0.05) is 34.6 Å². The van der Waals surface area contributed by atoms with Gasteiger partial charge >= 0.3 is 0 Å². The summed E-state index contributed by atoms with van der Waals surface area (Å²) in [4.78, 5) is 0. The first kappa shape index (κ1) is 16.9. The van der Waals surface area contributed by atoms with Gasteiger partial charge in [-0.15, -0.1) is 0 Å². The Labute approximate surface area is 96.7 Å². The van der Waals surface area contributed by atoms with Crippen molar-refractivity contribution < 1.29 is 0 Å². The summed E-state index contributed by atoms with van der Waals surface area (Å²) >= 11 is 0. The molecule has 1 heterocycles. The maximum atomic E-state index is 3.45. The monoisotopic (exact) mass is 214 g/mol. The molecule has 1 aliphatic rings. The maximum Gasteiger partial charge on any atom is 0.0486 e. The molecule has 1 unspecified atom stereocenters. The first-order chi connectivity index (χ1) is 7.20. The van der Waals surface area contributed by atoms with Crippen LogP contribution < -0.4 is 5.43 Å². The number of nitrogens with one attached hydrogen (secondary N) is 1. The van der Waals surface area contributed by atoms with Crippen molar-refractivity contribution in [1.29, 1.82) is 0 Å². The fourth-order valence-electron chi connectivity index (χ4n) is 1.57. The minimum atomic E-state index is 0.579. The van der Waals surface area contributed by atoms with Crippen molar-refractivity contribution in [3.8, 4) is 0 Å². The van der Waals surface area contributed by atoms with Crippen LogP contribution in [0.1, 0.15) is 61.8 Å². The van der Waals surface area contributed by atoms with Crippen LogP contribution in [0.3, 0.4) is 0 Å². The maximum absolute atomic E-state index is 3.45. The smallest absolute Gasteiger partial charge is 0.0486 e. The van der Waals surface area contributed by atoms with Gasteiger partial charge in [0.25, 0.3) is 0 Å². The molecular weight excluding hydrogens is 184 g/mol. The number of rotatable bonds is 2. The van der Waals surface area contributed by atoms with E-state index in [4.69, 9.17) is 0 Å². The lowest BCUT2D eigenvalue weighted by atomic mass is 10.1. The molecule has 0 aromatic carbocycles. The zero-order chi connectivity index (χ0) is 12.4. The van der Waals surface area contributed by atoms with Crippen LogP contribution in [0.15, 0.2) is 11.3 Å². The van der Waals surface area contributed by atoms with E-state index in [0.29, 0.717) is 6.04 Å². The summed E-state index contributed by atoms with van der Waals surface area (Å²) in [6, 6.07) is 0.579. The third-order valence-corrected chi connectivity index (χ3v) is 2.53. The average molecular weight is 214 g/mol. The minimum absolute atomic E-state index is 0.579. The number of nitrogens with zero attached hydrogens (tertiary/aromatic N) is 1. The van der Waals surface area contributed by atoms with Gasteiger partial charge in [0.1, 0.15) is 0 Å². The standard InChI is InChI=1S/C9H18N2.2C2H6/c1-5-9-7(3)8(4)11(6-2)10-9;2*1-2/h9-10H,5-6H2,1-4H3;2*1-2H3. The molecule has 1 N–H and O–H groups in total. The molecule has 0 aromatic rings. The molecule has 15 heavy (non-hydrogen) atoms. The Bertz CT molecular complexity index is 155. The second-order valence-electron chi connectivity index (χ2n) is 3.10. The number of hydrazine groups is 1. The van der Waals surface area contributed by atoms with E-state index in [1.165, 1.54) is 17.7 Å². The summed E-state index contributed by atoms with van der Waals surface area (Å²) in [6.07, 6.45) is 1.18. The molecule has 0 amide bonds. The SMILES string of the molecule is CC.CC.CCC1NN(CC)C(C)=C1C. The van der Waals surface area contributed by atoms with Crippen LogP contribution in [0, 0.1) is 0 Å². The Balaban J connectivity index is 0. The Hall–Kier alpha value is -0.500. The van der Waals surface area contributed by atoms with Crippen molar-refractivity contribution >= 4 is 0 Å². The molecule has 1 aliphatic heterocycles. The van der Waals surface area contributed by atoms with Crippen molar-refractivity contribution in [2.24, 2.45) is 0 Å². The van der Waals surface area contributed by atoms with Crippen molar-refractivity contribution in [3.63, 3.8) is 0 Å².